The van der Waals surface area contributed by atoms with E-state index >= 15 is 0 Å². The lowest BCUT2D eigenvalue weighted by molar-refractivity contribution is 0.768. The van der Waals surface area contributed by atoms with Gasteiger partial charge in [0.05, 0.1) is 11.8 Å². The first-order valence-corrected chi connectivity index (χ1v) is 5.23. The highest BCUT2D eigenvalue weighted by atomic mass is 15.2. The Bertz CT molecular complexity index is 528. The topological polar surface area (TPSA) is 82.5 Å². The van der Waals surface area contributed by atoms with Crippen LogP contribution < -0.4 is 5.73 Å². The lowest BCUT2D eigenvalue weighted by atomic mass is 10.3. The number of hydrogen-bond acceptors (Lipinski definition) is 5. The van der Waals surface area contributed by atoms with Crippen molar-refractivity contribution in [3.63, 3.8) is 0 Å². The summed E-state index contributed by atoms with van der Waals surface area (Å²) in [7, 11) is 1.86. The molecule has 0 amide bonds. The Morgan fingerprint density at radius 2 is 2.12 bits per heavy atom. The van der Waals surface area contributed by atoms with Crippen LogP contribution in [0.2, 0.25) is 0 Å². The Morgan fingerprint density at radius 3 is 2.75 bits per heavy atom. The van der Waals surface area contributed by atoms with Crippen LogP contribution in [0, 0.1) is 0 Å². The van der Waals surface area contributed by atoms with Crippen LogP contribution in [-0.2, 0) is 7.05 Å². The molecule has 0 atom stereocenters. The van der Waals surface area contributed by atoms with Crippen LogP contribution in [0.3, 0.4) is 0 Å². The van der Waals surface area contributed by atoms with Gasteiger partial charge in [-0.2, -0.15) is 15.1 Å². The van der Waals surface area contributed by atoms with Gasteiger partial charge < -0.3 is 5.73 Å². The molecule has 1 fully saturated rings. The van der Waals surface area contributed by atoms with Crippen molar-refractivity contribution in [3.8, 4) is 11.4 Å². The van der Waals surface area contributed by atoms with E-state index in [9.17, 15) is 0 Å². The number of aromatic nitrogens is 5. The molecule has 16 heavy (non-hydrogen) atoms. The van der Waals surface area contributed by atoms with Crippen molar-refractivity contribution in [3.05, 3.63) is 18.2 Å². The predicted octanol–water partition coefficient (Wildman–Crippen LogP) is 0.732. The first kappa shape index (κ1) is 9.26. The monoisotopic (exact) mass is 216 g/mol. The molecule has 2 aromatic rings. The second kappa shape index (κ2) is 3.26. The molecule has 6 heteroatoms. The van der Waals surface area contributed by atoms with Gasteiger partial charge in [0.25, 0.3) is 0 Å². The molecule has 0 radical (unpaired) electrons. The summed E-state index contributed by atoms with van der Waals surface area (Å²) < 4.78 is 1.71. The predicted molar refractivity (Wildman–Crippen MR) is 58.4 cm³/mol. The SMILES string of the molecule is Cn1cc(-c2nc(N)nc(C3CC3)n2)cn1. The first-order chi connectivity index (χ1) is 7.72. The molecule has 2 heterocycles. The van der Waals surface area contributed by atoms with Crippen LogP contribution in [0.5, 0.6) is 0 Å². The van der Waals surface area contributed by atoms with E-state index in [1.807, 2.05) is 13.2 Å². The fourth-order valence-electron chi connectivity index (χ4n) is 1.60. The molecule has 0 aliphatic heterocycles. The Morgan fingerprint density at radius 1 is 1.31 bits per heavy atom. The van der Waals surface area contributed by atoms with E-state index in [1.165, 1.54) is 0 Å². The van der Waals surface area contributed by atoms with E-state index in [0.717, 1.165) is 24.2 Å². The van der Waals surface area contributed by atoms with Gasteiger partial charge in [0.15, 0.2) is 5.82 Å². The minimum Gasteiger partial charge on any atom is -0.368 e. The molecule has 0 saturated heterocycles. The Kier molecular flexibility index (Phi) is 1.89. The second-order valence-corrected chi connectivity index (χ2v) is 4.05. The van der Waals surface area contributed by atoms with Crippen LogP contribution in [-0.4, -0.2) is 24.7 Å². The van der Waals surface area contributed by atoms with Gasteiger partial charge in [0.1, 0.15) is 5.82 Å². The van der Waals surface area contributed by atoms with Crippen LogP contribution in [0.25, 0.3) is 11.4 Å². The maximum absolute atomic E-state index is 5.68. The maximum Gasteiger partial charge on any atom is 0.223 e. The highest BCUT2D eigenvalue weighted by Gasteiger charge is 2.27. The summed E-state index contributed by atoms with van der Waals surface area (Å²) in [5.41, 5.74) is 6.55. The molecule has 2 aromatic heterocycles. The minimum absolute atomic E-state index is 0.288. The molecule has 1 aliphatic carbocycles. The second-order valence-electron chi connectivity index (χ2n) is 4.05. The van der Waals surface area contributed by atoms with Crippen LogP contribution >= 0.6 is 0 Å². The van der Waals surface area contributed by atoms with Crippen molar-refractivity contribution in [2.75, 3.05) is 5.73 Å². The third kappa shape index (κ3) is 1.62. The number of aryl methyl sites for hydroxylation is 1. The summed E-state index contributed by atoms with van der Waals surface area (Å²) in [4.78, 5) is 12.7. The van der Waals surface area contributed by atoms with Crippen LogP contribution in [0.1, 0.15) is 24.6 Å². The summed E-state index contributed by atoms with van der Waals surface area (Å²) in [6, 6.07) is 0. The molecule has 1 saturated carbocycles. The van der Waals surface area contributed by atoms with Gasteiger partial charge in [-0.15, -0.1) is 0 Å². The lowest BCUT2D eigenvalue weighted by Crippen LogP contribution is -2.03. The molecular weight excluding hydrogens is 204 g/mol. The minimum atomic E-state index is 0.288. The number of nitrogens with two attached hydrogens (primary N) is 1. The molecule has 6 nitrogen and oxygen atoms in total. The highest BCUT2D eigenvalue weighted by molar-refractivity contribution is 5.53. The molecule has 3 rings (SSSR count). The van der Waals surface area contributed by atoms with Gasteiger partial charge >= 0.3 is 0 Å². The molecular formula is C10H12N6. The normalized spacial score (nSPS) is 15.3. The molecule has 0 bridgehead atoms. The summed E-state index contributed by atoms with van der Waals surface area (Å²) >= 11 is 0. The van der Waals surface area contributed by atoms with Crippen molar-refractivity contribution >= 4 is 5.95 Å². The molecule has 0 aromatic carbocycles. The first-order valence-electron chi connectivity index (χ1n) is 5.23. The van der Waals surface area contributed by atoms with E-state index in [2.05, 4.69) is 20.1 Å². The summed E-state index contributed by atoms with van der Waals surface area (Å²) in [5.74, 6) is 2.19. The molecule has 82 valence electrons. The standard InChI is InChI=1S/C10H12N6/c1-16-5-7(4-12-16)9-13-8(6-2-3-6)14-10(11)15-9/h4-6H,2-3H2,1H3,(H2,11,13,14,15). The molecule has 1 aliphatic rings. The van der Waals surface area contributed by atoms with Crippen molar-refractivity contribution in [2.45, 2.75) is 18.8 Å². The van der Waals surface area contributed by atoms with Crippen LogP contribution in [0.15, 0.2) is 12.4 Å². The quantitative estimate of drug-likeness (QED) is 0.800. The third-order valence-corrected chi connectivity index (χ3v) is 2.58. The van der Waals surface area contributed by atoms with E-state index < -0.39 is 0 Å². The fourth-order valence-corrected chi connectivity index (χ4v) is 1.60. The zero-order valence-corrected chi connectivity index (χ0v) is 8.96. The van der Waals surface area contributed by atoms with Crippen molar-refractivity contribution in [1.29, 1.82) is 0 Å². The summed E-state index contributed by atoms with van der Waals surface area (Å²) in [5, 5.41) is 4.09. The Labute approximate surface area is 92.5 Å². The Balaban J connectivity index is 2.06. The van der Waals surface area contributed by atoms with E-state index in [1.54, 1.807) is 10.9 Å². The van der Waals surface area contributed by atoms with Gasteiger partial charge in [-0.05, 0) is 12.8 Å². The zero-order chi connectivity index (χ0) is 11.1. The van der Waals surface area contributed by atoms with E-state index in [-0.39, 0.29) is 5.95 Å². The van der Waals surface area contributed by atoms with E-state index in [0.29, 0.717) is 11.7 Å². The van der Waals surface area contributed by atoms with Gasteiger partial charge in [-0.3, -0.25) is 4.68 Å². The number of nitrogens with zero attached hydrogens (tertiary/aromatic N) is 5. The zero-order valence-electron chi connectivity index (χ0n) is 8.96. The third-order valence-electron chi connectivity index (χ3n) is 2.58. The average molecular weight is 216 g/mol. The lowest BCUT2D eigenvalue weighted by Gasteiger charge is -2.01. The summed E-state index contributed by atoms with van der Waals surface area (Å²) in [6.45, 7) is 0. The summed E-state index contributed by atoms with van der Waals surface area (Å²) in [6.07, 6.45) is 5.89. The molecule has 2 N–H and O–H groups in total. The average Bonchev–Trinajstić information content (AvgIpc) is 3.01. The van der Waals surface area contributed by atoms with Crippen LogP contribution in [0.4, 0.5) is 5.95 Å². The van der Waals surface area contributed by atoms with Crippen molar-refractivity contribution < 1.29 is 0 Å². The number of anilines is 1. The van der Waals surface area contributed by atoms with Gasteiger partial charge in [-0.25, -0.2) is 4.98 Å². The van der Waals surface area contributed by atoms with E-state index in [4.69, 9.17) is 5.73 Å². The van der Waals surface area contributed by atoms with Gasteiger partial charge in [-0.1, -0.05) is 0 Å². The number of hydrogen-bond donors (Lipinski definition) is 1. The van der Waals surface area contributed by atoms with Gasteiger partial charge in [0.2, 0.25) is 5.95 Å². The number of rotatable bonds is 2. The van der Waals surface area contributed by atoms with Gasteiger partial charge in [0, 0.05) is 19.2 Å². The highest BCUT2D eigenvalue weighted by Crippen LogP contribution is 2.38. The molecule has 0 unspecified atom stereocenters. The fraction of sp³-hybridized carbons (Fsp3) is 0.400. The smallest absolute Gasteiger partial charge is 0.223 e. The van der Waals surface area contributed by atoms with Crippen molar-refractivity contribution in [1.82, 2.24) is 24.7 Å². The molecule has 0 spiro atoms. The largest absolute Gasteiger partial charge is 0.368 e. The van der Waals surface area contributed by atoms with Crippen molar-refractivity contribution in [2.24, 2.45) is 7.05 Å². The maximum atomic E-state index is 5.68. The Hall–Kier alpha value is -1.98. The number of nitrogen functional groups attached to an aromatic ring is 1.